The number of hydrogen-bond acceptors (Lipinski definition) is 6. The van der Waals surface area contributed by atoms with Crippen LogP contribution in [-0.4, -0.2) is 43.8 Å². The van der Waals surface area contributed by atoms with Gasteiger partial charge < -0.3 is 24.4 Å². The van der Waals surface area contributed by atoms with Crippen molar-refractivity contribution in [3.05, 3.63) is 17.7 Å². The number of benzene rings is 1. The average Bonchev–Trinajstić information content (AvgIpc) is 2.91. The summed E-state index contributed by atoms with van der Waals surface area (Å²) in [6.45, 7) is 0.975. The van der Waals surface area contributed by atoms with E-state index in [-0.39, 0.29) is 19.2 Å². The van der Waals surface area contributed by atoms with Crippen LogP contribution in [0.2, 0.25) is 0 Å². The number of ether oxygens (including phenoxy) is 3. The summed E-state index contributed by atoms with van der Waals surface area (Å²) in [6.07, 6.45) is 0.324. The van der Waals surface area contributed by atoms with Crippen molar-refractivity contribution in [2.75, 3.05) is 32.3 Å². The summed E-state index contributed by atoms with van der Waals surface area (Å²) in [4.78, 5) is 25.0. The van der Waals surface area contributed by atoms with Gasteiger partial charge in [0.1, 0.15) is 6.54 Å². The molecule has 0 saturated carbocycles. The van der Waals surface area contributed by atoms with Crippen LogP contribution in [0.5, 0.6) is 11.5 Å². The van der Waals surface area contributed by atoms with Crippen LogP contribution in [-0.2, 0) is 20.9 Å². The molecule has 0 spiro atoms. The lowest BCUT2D eigenvalue weighted by Gasteiger charge is -2.26. The number of amides is 1. The molecule has 0 aliphatic carbocycles. The summed E-state index contributed by atoms with van der Waals surface area (Å²) >= 11 is 0. The predicted molar refractivity (Wildman–Crippen MR) is 73.1 cm³/mol. The van der Waals surface area contributed by atoms with Gasteiger partial charge in [0.15, 0.2) is 11.5 Å². The summed E-state index contributed by atoms with van der Waals surface area (Å²) in [6, 6.07) is 3.71. The van der Waals surface area contributed by atoms with Crippen molar-refractivity contribution in [3.8, 4) is 11.5 Å². The van der Waals surface area contributed by atoms with E-state index >= 15 is 0 Å². The Morgan fingerprint density at radius 3 is 2.90 bits per heavy atom. The van der Waals surface area contributed by atoms with E-state index in [0.717, 1.165) is 11.3 Å². The van der Waals surface area contributed by atoms with E-state index in [4.69, 9.17) is 9.47 Å². The molecule has 1 aromatic carbocycles. The second-order valence-electron chi connectivity index (χ2n) is 4.87. The number of anilines is 1. The number of nitrogens with one attached hydrogen (secondary N) is 1. The van der Waals surface area contributed by atoms with Gasteiger partial charge in [-0.05, 0) is 11.6 Å². The average molecular weight is 292 g/mol. The van der Waals surface area contributed by atoms with Gasteiger partial charge in [-0.1, -0.05) is 0 Å². The van der Waals surface area contributed by atoms with Gasteiger partial charge in [0.05, 0.1) is 7.11 Å². The van der Waals surface area contributed by atoms with Gasteiger partial charge in [0.2, 0.25) is 12.7 Å². The number of rotatable bonds is 2. The molecule has 1 amide bonds. The molecule has 21 heavy (non-hydrogen) atoms. The number of carbonyl (C=O) groups excluding carboxylic acids is 2. The van der Waals surface area contributed by atoms with Crippen LogP contribution in [0.15, 0.2) is 12.1 Å². The van der Waals surface area contributed by atoms with Gasteiger partial charge in [-0.3, -0.25) is 9.59 Å². The van der Waals surface area contributed by atoms with Crippen LogP contribution < -0.4 is 14.8 Å². The van der Waals surface area contributed by atoms with Crippen molar-refractivity contribution in [2.45, 2.75) is 13.0 Å². The molecule has 1 N–H and O–H groups in total. The normalized spacial score (nSPS) is 16.6. The van der Waals surface area contributed by atoms with Gasteiger partial charge >= 0.3 is 5.97 Å². The molecule has 7 heteroatoms. The Kier molecular flexibility index (Phi) is 3.55. The van der Waals surface area contributed by atoms with Crippen LogP contribution in [0.4, 0.5) is 5.69 Å². The number of hydrogen-bond donors (Lipinski definition) is 1. The Morgan fingerprint density at radius 2 is 2.14 bits per heavy atom. The zero-order valence-corrected chi connectivity index (χ0v) is 11.7. The summed E-state index contributed by atoms with van der Waals surface area (Å²) in [7, 11) is 1.31. The molecule has 2 heterocycles. The van der Waals surface area contributed by atoms with Gasteiger partial charge in [0, 0.05) is 31.3 Å². The van der Waals surface area contributed by atoms with Crippen molar-refractivity contribution >= 4 is 17.6 Å². The molecule has 1 aromatic rings. The fourth-order valence-corrected chi connectivity index (χ4v) is 2.40. The van der Waals surface area contributed by atoms with E-state index in [1.807, 2.05) is 12.1 Å². The van der Waals surface area contributed by atoms with Gasteiger partial charge in [0.25, 0.3) is 0 Å². The Bertz CT molecular complexity index is 587. The van der Waals surface area contributed by atoms with E-state index in [2.05, 4.69) is 10.1 Å². The summed E-state index contributed by atoms with van der Waals surface area (Å²) in [5.74, 6) is 0.824. The quantitative estimate of drug-likeness (QED) is 0.810. The smallest absolute Gasteiger partial charge is 0.325 e. The Labute approximate surface area is 121 Å². The molecule has 0 fully saturated rings. The number of nitrogens with zero attached hydrogens (tertiary/aromatic N) is 1. The molecule has 2 aliphatic rings. The molecular weight excluding hydrogens is 276 g/mol. The first-order valence-corrected chi connectivity index (χ1v) is 6.68. The van der Waals surface area contributed by atoms with Crippen LogP contribution in [0.25, 0.3) is 0 Å². The maximum Gasteiger partial charge on any atom is 0.325 e. The molecular formula is C14H16N2O5. The van der Waals surface area contributed by atoms with E-state index < -0.39 is 5.97 Å². The first-order chi connectivity index (χ1) is 10.2. The maximum atomic E-state index is 12.1. The van der Waals surface area contributed by atoms with Crippen molar-refractivity contribution in [1.29, 1.82) is 0 Å². The van der Waals surface area contributed by atoms with E-state index in [0.29, 0.717) is 31.0 Å². The van der Waals surface area contributed by atoms with Gasteiger partial charge in [-0.2, -0.15) is 0 Å². The zero-order chi connectivity index (χ0) is 14.8. The molecule has 0 atom stereocenters. The summed E-state index contributed by atoms with van der Waals surface area (Å²) in [5, 5.41) is 3.21. The van der Waals surface area contributed by atoms with E-state index in [9.17, 15) is 9.59 Å². The first-order valence-electron chi connectivity index (χ1n) is 6.68. The molecule has 112 valence electrons. The molecule has 2 aliphatic heterocycles. The molecule has 0 radical (unpaired) electrons. The minimum atomic E-state index is -0.431. The highest BCUT2D eigenvalue weighted by molar-refractivity contribution is 5.83. The minimum Gasteiger partial charge on any atom is -0.468 e. The fraction of sp³-hybridized carbons (Fsp3) is 0.429. The lowest BCUT2D eigenvalue weighted by molar-refractivity contribution is -0.147. The fourth-order valence-electron chi connectivity index (χ4n) is 2.40. The standard InChI is InChI=1S/C14H16N2O5/c1-19-14(18)7-16-6-9-4-11-12(21-8-20-11)5-10(9)15-3-2-13(16)17/h4-5,15H,2-3,6-8H2,1H3. The largest absolute Gasteiger partial charge is 0.468 e. The molecule has 0 aromatic heterocycles. The van der Waals surface area contributed by atoms with Crippen LogP contribution >= 0.6 is 0 Å². The van der Waals surface area contributed by atoms with Crippen LogP contribution in [0, 0.1) is 0 Å². The lowest BCUT2D eigenvalue weighted by Crippen LogP contribution is -2.38. The predicted octanol–water partition coefficient (Wildman–Crippen LogP) is 0.732. The topological polar surface area (TPSA) is 77.1 Å². The number of esters is 1. The Balaban J connectivity index is 1.89. The van der Waals surface area contributed by atoms with E-state index in [1.165, 1.54) is 12.0 Å². The van der Waals surface area contributed by atoms with E-state index in [1.54, 1.807) is 0 Å². The molecule has 0 saturated heterocycles. The number of carbonyl (C=O) groups is 2. The second-order valence-corrected chi connectivity index (χ2v) is 4.87. The van der Waals surface area contributed by atoms with Crippen molar-refractivity contribution in [2.24, 2.45) is 0 Å². The third-order valence-corrected chi connectivity index (χ3v) is 3.51. The highest BCUT2D eigenvalue weighted by Gasteiger charge is 2.24. The third kappa shape index (κ3) is 2.72. The SMILES string of the molecule is COC(=O)CN1Cc2cc3c(cc2NCCC1=O)OCO3. The van der Waals surface area contributed by atoms with Crippen LogP contribution in [0.1, 0.15) is 12.0 Å². The number of methoxy groups -OCH3 is 1. The Morgan fingerprint density at radius 1 is 1.38 bits per heavy atom. The van der Waals surface area contributed by atoms with Crippen molar-refractivity contribution in [3.63, 3.8) is 0 Å². The first kappa shape index (κ1) is 13.5. The highest BCUT2D eigenvalue weighted by Crippen LogP contribution is 2.38. The Hall–Kier alpha value is -2.44. The summed E-state index contributed by atoms with van der Waals surface area (Å²) in [5.41, 5.74) is 1.78. The molecule has 0 unspecified atom stereocenters. The molecule has 7 nitrogen and oxygen atoms in total. The van der Waals surface area contributed by atoms with Gasteiger partial charge in [-0.25, -0.2) is 0 Å². The lowest BCUT2D eigenvalue weighted by atomic mass is 10.1. The highest BCUT2D eigenvalue weighted by atomic mass is 16.7. The van der Waals surface area contributed by atoms with Crippen molar-refractivity contribution < 1.29 is 23.8 Å². The maximum absolute atomic E-state index is 12.1. The van der Waals surface area contributed by atoms with Gasteiger partial charge in [-0.15, -0.1) is 0 Å². The summed E-state index contributed by atoms with van der Waals surface area (Å²) < 4.78 is 15.3. The third-order valence-electron chi connectivity index (χ3n) is 3.51. The minimum absolute atomic E-state index is 0.0524. The number of fused-ring (bicyclic) bond motifs is 2. The molecule has 0 bridgehead atoms. The van der Waals surface area contributed by atoms with Crippen molar-refractivity contribution in [1.82, 2.24) is 4.90 Å². The molecule has 3 rings (SSSR count). The zero-order valence-electron chi connectivity index (χ0n) is 11.7. The second kappa shape index (κ2) is 5.51. The van der Waals surface area contributed by atoms with Crippen LogP contribution in [0.3, 0.4) is 0 Å². The monoisotopic (exact) mass is 292 g/mol.